The van der Waals surface area contributed by atoms with E-state index in [1.54, 1.807) is 11.6 Å². The number of hydrogen-bond donors (Lipinski definition) is 2. The molecule has 6 nitrogen and oxygen atoms in total. The zero-order valence-corrected chi connectivity index (χ0v) is 11.8. The van der Waals surface area contributed by atoms with Crippen LogP contribution in [0.1, 0.15) is 26.7 Å². The van der Waals surface area contributed by atoms with Crippen LogP contribution in [0, 0.1) is 11.3 Å². The molecule has 1 heterocycles. The van der Waals surface area contributed by atoms with Crippen LogP contribution in [0.25, 0.3) is 0 Å². The van der Waals surface area contributed by atoms with Crippen LogP contribution in [0.4, 0.5) is 0 Å². The molecule has 0 aliphatic rings. The van der Waals surface area contributed by atoms with E-state index in [2.05, 4.69) is 21.6 Å². The van der Waals surface area contributed by atoms with Gasteiger partial charge in [0.15, 0.2) is 5.16 Å². The van der Waals surface area contributed by atoms with Crippen molar-refractivity contribution < 1.29 is 0 Å². The fraction of sp³-hybridized carbons (Fsp3) is 0.727. The van der Waals surface area contributed by atoms with Gasteiger partial charge < -0.3 is 5.32 Å². The number of H-pyrrole nitrogens is 1. The van der Waals surface area contributed by atoms with E-state index >= 15 is 0 Å². The monoisotopic (exact) mass is 269 g/mol. The highest BCUT2D eigenvalue weighted by Gasteiger charge is 2.20. The van der Waals surface area contributed by atoms with E-state index in [0.29, 0.717) is 11.7 Å². The van der Waals surface area contributed by atoms with Crippen molar-refractivity contribution >= 4 is 11.8 Å². The van der Waals surface area contributed by atoms with Gasteiger partial charge in [-0.05, 0) is 33.7 Å². The summed E-state index contributed by atoms with van der Waals surface area (Å²) >= 11 is 1.54. The van der Waals surface area contributed by atoms with Crippen molar-refractivity contribution in [2.24, 2.45) is 0 Å². The Morgan fingerprint density at radius 2 is 2.39 bits per heavy atom. The van der Waals surface area contributed by atoms with Gasteiger partial charge in [-0.25, -0.2) is 9.89 Å². The lowest BCUT2D eigenvalue weighted by Crippen LogP contribution is -2.37. The minimum atomic E-state index is -0.476. The van der Waals surface area contributed by atoms with Crippen LogP contribution in [0.3, 0.4) is 0 Å². The quantitative estimate of drug-likeness (QED) is 0.569. The average molecular weight is 269 g/mol. The summed E-state index contributed by atoms with van der Waals surface area (Å²) in [5.74, 6) is 0.837. The number of thioether (sulfide) groups is 1. The van der Waals surface area contributed by atoms with Gasteiger partial charge in [-0.15, -0.1) is 5.10 Å². The first-order chi connectivity index (χ1) is 8.56. The number of aromatic nitrogens is 3. The lowest BCUT2D eigenvalue weighted by Gasteiger charge is -2.19. The first kappa shape index (κ1) is 14.8. The molecule has 0 aromatic carbocycles. The highest BCUT2D eigenvalue weighted by Crippen LogP contribution is 2.18. The van der Waals surface area contributed by atoms with E-state index in [1.807, 2.05) is 13.8 Å². The lowest BCUT2D eigenvalue weighted by molar-refractivity contribution is 0.451. The van der Waals surface area contributed by atoms with E-state index in [4.69, 9.17) is 5.26 Å². The van der Waals surface area contributed by atoms with E-state index in [1.165, 1.54) is 11.8 Å². The van der Waals surface area contributed by atoms with Gasteiger partial charge in [0.05, 0.1) is 6.07 Å². The Kier molecular flexibility index (Phi) is 5.44. The summed E-state index contributed by atoms with van der Waals surface area (Å²) in [4.78, 5) is 11.3. The summed E-state index contributed by atoms with van der Waals surface area (Å²) in [5.41, 5.74) is -0.645. The van der Waals surface area contributed by atoms with Crippen LogP contribution in [0.2, 0.25) is 0 Å². The number of hydrogen-bond acceptors (Lipinski definition) is 5. The second-order valence-electron chi connectivity index (χ2n) is 4.20. The van der Waals surface area contributed by atoms with Gasteiger partial charge in [-0.1, -0.05) is 11.8 Å². The number of nitrogens with one attached hydrogen (secondary N) is 2. The average Bonchev–Trinajstić information content (AvgIpc) is 2.75. The summed E-state index contributed by atoms with van der Waals surface area (Å²) in [7, 11) is 1.79. The molecule has 1 unspecified atom stereocenters. The molecule has 0 radical (unpaired) electrons. The zero-order chi connectivity index (χ0) is 13.6. The largest absolute Gasteiger partial charge is 0.343 e. The summed E-state index contributed by atoms with van der Waals surface area (Å²) < 4.78 is 1.60. The molecule has 0 saturated heterocycles. The summed E-state index contributed by atoms with van der Waals surface area (Å²) in [6.07, 6.45) is 1.66. The van der Waals surface area contributed by atoms with Crippen LogP contribution < -0.4 is 11.0 Å². The smallest absolute Gasteiger partial charge is 0.303 e. The maximum Gasteiger partial charge on any atom is 0.343 e. The van der Waals surface area contributed by atoms with Gasteiger partial charge in [0.1, 0.15) is 5.54 Å². The Hall–Kier alpha value is -1.26. The standard InChI is InChI=1S/C11H19N5OS/c1-4-16-9(17)14-15-10(16)18-7-5-6-11(2,8-12)13-3/h13H,4-7H2,1-3H3,(H,14,17). The van der Waals surface area contributed by atoms with Gasteiger partial charge in [0, 0.05) is 12.3 Å². The van der Waals surface area contributed by atoms with E-state index in [0.717, 1.165) is 18.6 Å². The van der Waals surface area contributed by atoms with Crippen molar-refractivity contribution in [3.05, 3.63) is 10.5 Å². The molecule has 18 heavy (non-hydrogen) atoms. The second-order valence-corrected chi connectivity index (χ2v) is 5.26. The summed E-state index contributed by atoms with van der Waals surface area (Å²) in [6, 6.07) is 2.26. The molecule has 0 aliphatic carbocycles. The third-order valence-corrected chi connectivity index (χ3v) is 3.95. The van der Waals surface area contributed by atoms with E-state index < -0.39 is 5.54 Å². The van der Waals surface area contributed by atoms with Gasteiger partial charge in [0.2, 0.25) is 0 Å². The molecule has 0 saturated carbocycles. The number of nitrogens with zero attached hydrogens (tertiary/aromatic N) is 3. The molecule has 0 spiro atoms. The van der Waals surface area contributed by atoms with E-state index in [-0.39, 0.29) is 5.69 Å². The van der Waals surface area contributed by atoms with Crippen LogP contribution in [0.5, 0.6) is 0 Å². The SMILES string of the molecule is CCn1c(SCCCC(C)(C#N)NC)n[nH]c1=O. The van der Waals surface area contributed by atoms with Crippen molar-refractivity contribution in [3.8, 4) is 6.07 Å². The Balaban J connectivity index is 2.43. The maximum absolute atomic E-state index is 11.3. The Morgan fingerprint density at radius 1 is 1.67 bits per heavy atom. The Morgan fingerprint density at radius 3 is 2.94 bits per heavy atom. The molecule has 100 valence electrons. The third kappa shape index (κ3) is 3.62. The van der Waals surface area contributed by atoms with Gasteiger partial charge in [-0.2, -0.15) is 5.26 Å². The molecule has 0 bridgehead atoms. The van der Waals surface area contributed by atoms with Crippen LogP contribution in [-0.4, -0.2) is 33.1 Å². The van der Waals surface area contributed by atoms with Crippen molar-refractivity contribution in [2.75, 3.05) is 12.8 Å². The number of aromatic amines is 1. The lowest BCUT2D eigenvalue weighted by atomic mass is 9.99. The van der Waals surface area contributed by atoms with Crippen molar-refractivity contribution in [2.45, 2.75) is 43.9 Å². The zero-order valence-electron chi connectivity index (χ0n) is 11.0. The van der Waals surface area contributed by atoms with Gasteiger partial charge in [-0.3, -0.25) is 4.57 Å². The molecule has 0 fully saturated rings. The highest BCUT2D eigenvalue weighted by molar-refractivity contribution is 7.99. The maximum atomic E-state index is 11.3. The number of nitriles is 1. The summed E-state index contributed by atoms with van der Waals surface area (Å²) in [6.45, 7) is 4.41. The summed E-state index contributed by atoms with van der Waals surface area (Å²) in [5, 5.41) is 19.1. The fourth-order valence-corrected chi connectivity index (χ4v) is 2.47. The van der Waals surface area contributed by atoms with Crippen LogP contribution in [-0.2, 0) is 6.54 Å². The molecule has 2 N–H and O–H groups in total. The molecular formula is C11H19N5OS. The molecule has 7 heteroatoms. The fourth-order valence-electron chi connectivity index (χ4n) is 1.52. The normalized spacial score (nSPS) is 14.1. The third-order valence-electron chi connectivity index (χ3n) is 2.89. The topological polar surface area (TPSA) is 86.5 Å². The molecule has 1 atom stereocenters. The molecule has 1 aromatic rings. The van der Waals surface area contributed by atoms with Gasteiger partial charge in [0.25, 0.3) is 0 Å². The minimum Gasteiger partial charge on any atom is -0.303 e. The van der Waals surface area contributed by atoms with Crippen molar-refractivity contribution in [1.29, 1.82) is 5.26 Å². The van der Waals surface area contributed by atoms with Crippen LogP contribution >= 0.6 is 11.8 Å². The first-order valence-corrected chi connectivity index (χ1v) is 6.93. The van der Waals surface area contributed by atoms with Gasteiger partial charge >= 0.3 is 5.69 Å². The predicted molar refractivity (Wildman–Crippen MR) is 71.6 cm³/mol. The predicted octanol–water partition coefficient (Wildman–Crippen LogP) is 0.965. The number of rotatable bonds is 7. The molecular weight excluding hydrogens is 250 g/mol. The Bertz CT molecular complexity index is 475. The van der Waals surface area contributed by atoms with Crippen molar-refractivity contribution in [3.63, 3.8) is 0 Å². The molecule has 1 aromatic heterocycles. The Labute approximate surface area is 111 Å². The minimum absolute atomic E-state index is 0.169. The van der Waals surface area contributed by atoms with E-state index in [9.17, 15) is 4.79 Å². The molecule has 0 aliphatic heterocycles. The molecule has 0 amide bonds. The highest BCUT2D eigenvalue weighted by atomic mass is 32.2. The molecule has 1 rings (SSSR count). The first-order valence-electron chi connectivity index (χ1n) is 5.94. The van der Waals surface area contributed by atoms with Crippen molar-refractivity contribution in [1.82, 2.24) is 20.1 Å². The second kappa shape index (κ2) is 6.61. The van der Waals surface area contributed by atoms with Crippen LogP contribution in [0.15, 0.2) is 9.95 Å².